The van der Waals surface area contributed by atoms with E-state index >= 15 is 0 Å². The van der Waals surface area contributed by atoms with Gasteiger partial charge in [0.1, 0.15) is 17.3 Å². The average Bonchev–Trinajstić information content (AvgIpc) is 2.97. The van der Waals surface area contributed by atoms with Gasteiger partial charge in [0.05, 0.1) is 17.6 Å². The van der Waals surface area contributed by atoms with Gasteiger partial charge >= 0.3 is 0 Å². The summed E-state index contributed by atoms with van der Waals surface area (Å²) >= 11 is 0. The minimum Gasteiger partial charge on any atom is -0.318 e. The summed E-state index contributed by atoms with van der Waals surface area (Å²) < 4.78 is 29.1. The van der Waals surface area contributed by atoms with Gasteiger partial charge < -0.3 is 4.57 Å². The molecule has 0 aliphatic heterocycles. The molecule has 0 unspecified atom stereocenters. The highest BCUT2D eigenvalue weighted by atomic mass is 19.1. The molecule has 0 fully saturated rings. The number of hydrogen-bond acceptors (Lipinski definition) is 2. The number of pyridine rings is 1. The largest absolute Gasteiger partial charge is 0.318 e. The van der Waals surface area contributed by atoms with Gasteiger partial charge in [-0.3, -0.25) is 4.98 Å². The molecule has 0 bridgehead atoms. The molecular formula is C19H13F2N3. The molecule has 0 N–H and O–H groups in total. The molecule has 2 aromatic carbocycles. The summed E-state index contributed by atoms with van der Waals surface area (Å²) in [4.78, 5) is 8.98. The summed E-state index contributed by atoms with van der Waals surface area (Å²) in [6.07, 6.45) is 1.69. The molecule has 2 heterocycles. The Morgan fingerprint density at radius 1 is 0.917 bits per heavy atom. The van der Waals surface area contributed by atoms with Gasteiger partial charge in [0.25, 0.3) is 0 Å². The van der Waals surface area contributed by atoms with E-state index in [1.54, 1.807) is 6.20 Å². The predicted molar refractivity (Wildman–Crippen MR) is 88.4 cm³/mol. The van der Waals surface area contributed by atoms with Crippen LogP contribution in [0.3, 0.4) is 0 Å². The number of para-hydroxylation sites is 2. The van der Waals surface area contributed by atoms with E-state index < -0.39 is 11.6 Å². The molecule has 0 saturated heterocycles. The summed E-state index contributed by atoms with van der Waals surface area (Å²) in [5.74, 6) is -0.503. The zero-order valence-corrected chi connectivity index (χ0v) is 12.7. The van der Waals surface area contributed by atoms with Gasteiger partial charge in [-0.1, -0.05) is 24.3 Å². The lowest BCUT2D eigenvalue weighted by Crippen LogP contribution is -2.05. The van der Waals surface area contributed by atoms with E-state index in [2.05, 4.69) is 9.97 Å². The molecule has 24 heavy (non-hydrogen) atoms. The second-order valence-corrected chi connectivity index (χ2v) is 5.46. The number of aromatic nitrogens is 3. The molecule has 0 amide bonds. The number of benzene rings is 2. The minimum atomic E-state index is -0.586. The van der Waals surface area contributed by atoms with Crippen LogP contribution in [0.4, 0.5) is 8.78 Å². The first-order chi connectivity index (χ1) is 11.7. The van der Waals surface area contributed by atoms with Crippen LogP contribution in [0.2, 0.25) is 0 Å². The molecule has 0 atom stereocenters. The van der Waals surface area contributed by atoms with Crippen LogP contribution in [0, 0.1) is 11.6 Å². The van der Waals surface area contributed by atoms with Crippen LogP contribution < -0.4 is 0 Å². The van der Waals surface area contributed by atoms with Gasteiger partial charge in [-0.05, 0) is 30.3 Å². The fourth-order valence-corrected chi connectivity index (χ4v) is 2.75. The lowest BCUT2D eigenvalue weighted by Gasteiger charge is -2.10. The molecule has 4 aromatic rings. The number of imidazole rings is 1. The van der Waals surface area contributed by atoms with E-state index in [0.29, 0.717) is 17.1 Å². The predicted octanol–water partition coefficient (Wildman–Crippen LogP) is 4.42. The van der Waals surface area contributed by atoms with Crippen molar-refractivity contribution in [1.82, 2.24) is 14.5 Å². The van der Waals surface area contributed by atoms with Crippen LogP contribution in [-0.4, -0.2) is 14.5 Å². The van der Waals surface area contributed by atoms with Crippen molar-refractivity contribution in [2.24, 2.45) is 0 Å². The first-order valence-corrected chi connectivity index (χ1v) is 7.53. The molecular weight excluding hydrogens is 308 g/mol. The van der Waals surface area contributed by atoms with Crippen molar-refractivity contribution in [3.63, 3.8) is 0 Å². The molecule has 0 aliphatic carbocycles. The van der Waals surface area contributed by atoms with Crippen molar-refractivity contribution in [2.45, 2.75) is 6.54 Å². The Hall–Kier alpha value is -3.08. The third-order valence-corrected chi connectivity index (χ3v) is 3.89. The van der Waals surface area contributed by atoms with Crippen LogP contribution in [0.25, 0.3) is 22.6 Å². The van der Waals surface area contributed by atoms with Gasteiger partial charge in [-0.15, -0.1) is 0 Å². The maximum Gasteiger partial charge on any atom is 0.160 e. The number of halogens is 2. The highest BCUT2D eigenvalue weighted by Crippen LogP contribution is 2.25. The molecule has 0 saturated carbocycles. The van der Waals surface area contributed by atoms with Crippen molar-refractivity contribution in [3.05, 3.63) is 84.1 Å². The Labute approximate surface area is 137 Å². The standard InChI is InChI=1S/C19H13F2N3/c20-14-9-8-13(15(21)11-14)12-24-18-7-2-1-5-16(18)23-19(24)17-6-3-4-10-22-17/h1-11H,12H2. The van der Waals surface area contributed by atoms with Crippen LogP contribution in [0.1, 0.15) is 5.56 Å². The zero-order chi connectivity index (χ0) is 16.5. The molecule has 2 aromatic heterocycles. The lowest BCUT2D eigenvalue weighted by molar-refractivity contribution is 0.567. The Morgan fingerprint density at radius 3 is 2.54 bits per heavy atom. The summed E-state index contributed by atoms with van der Waals surface area (Å²) in [6, 6.07) is 16.8. The topological polar surface area (TPSA) is 30.7 Å². The monoisotopic (exact) mass is 321 g/mol. The summed E-state index contributed by atoms with van der Waals surface area (Å²) in [5, 5.41) is 0. The third kappa shape index (κ3) is 2.54. The molecule has 0 spiro atoms. The highest BCUT2D eigenvalue weighted by Gasteiger charge is 2.15. The number of hydrogen-bond donors (Lipinski definition) is 0. The molecule has 4 rings (SSSR count). The number of rotatable bonds is 3. The Balaban J connectivity index is 1.89. The van der Waals surface area contributed by atoms with Crippen LogP contribution in [0.15, 0.2) is 66.9 Å². The van der Waals surface area contributed by atoms with Crippen LogP contribution in [0.5, 0.6) is 0 Å². The van der Waals surface area contributed by atoms with Gasteiger partial charge in [0, 0.05) is 17.8 Å². The summed E-state index contributed by atoms with van der Waals surface area (Å²) in [6.45, 7) is 0.249. The van der Waals surface area contributed by atoms with Crippen molar-refractivity contribution in [3.8, 4) is 11.5 Å². The van der Waals surface area contributed by atoms with Crippen LogP contribution >= 0.6 is 0 Å². The van der Waals surface area contributed by atoms with Crippen molar-refractivity contribution in [1.29, 1.82) is 0 Å². The van der Waals surface area contributed by atoms with E-state index in [9.17, 15) is 8.78 Å². The summed E-state index contributed by atoms with van der Waals surface area (Å²) in [7, 11) is 0. The lowest BCUT2D eigenvalue weighted by atomic mass is 10.2. The molecule has 5 heteroatoms. The van der Waals surface area contributed by atoms with Gasteiger partial charge in [0.2, 0.25) is 0 Å². The molecule has 0 radical (unpaired) electrons. The maximum atomic E-state index is 14.1. The highest BCUT2D eigenvalue weighted by molar-refractivity contribution is 5.80. The quantitative estimate of drug-likeness (QED) is 0.559. The van der Waals surface area contributed by atoms with Crippen molar-refractivity contribution in [2.75, 3.05) is 0 Å². The maximum absolute atomic E-state index is 14.1. The molecule has 3 nitrogen and oxygen atoms in total. The van der Waals surface area contributed by atoms with E-state index in [-0.39, 0.29) is 6.54 Å². The number of fused-ring (bicyclic) bond motifs is 1. The van der Waals surface area contributed by atoms with E-state index in [0.717, 1.165) is 17.1 Å². The fourth-order valence-electron chi connectivity index (χ4n) is 2.75. The molecule has 118 valence electrons. The minimum absolute atomic E-state index is 0.249. The average molecular weight is 321 g/mol. The first-order valence-electron chi connectivity index (χ1n) is 7.53. The molecule has 0 aliphatic rings. The van der Waals surface area contributed by atoms with E-state index in [1.165, 1.54) is 12.1 Å². The third-order valence-electron chi connectivity index (χ3n) is 3.89. The van der Waals surface area contributed by atoms with Crippen molar-refractivity contribution < 1.29 is 8.78 Å². The zero-order valence-electron chi connectivity index (χ0n) is 12.7. The number of nitrogens with zero attached hydrogens (tertiary/aromatic N) is 3. The normalized spacial score (nSPS) is 11.1. The van der Waals surface area contributed by atoms with Gasteiger partial charge in [-0.25, -0.2) is 13.8 Å². The van der Waals surface area contributed by atoms with Gasteiger partial charge in [-0.2, -0.15) is 0 Å². The Kier molecular flexibility index (Phi) is 3.54. The SMILES string of the molecule is Fc1ccc(Cn2c(-c3ccccn3)nc3ccccc32)c(F)c1. The second-order valence-electron chi connectivity index (χ2n) is 5.46. The smallest absolute Gasteiger partial charge is 0.160 e. The Bertz CT molecular complexity index is 1010. The van der Waals surface area contributed by atoms with Crippen LogP contribution in [-0.2, 0) is 6.54 Å². The van der Waals surface area contributed by atoms with Crippen molar-refractivity contribution >= 4 is 11.0 Å². The first kappa shape index (κ1) is 14.5. The second kappa shape index (κ2) is 5.85. The van der Waals surface area contributed by atoms with E-state index in [4.69, 9.17) is 0 Å². The Morgan fingerprint density at radius 2 is 1.75 bits per heavy atom. The van der Waals surface area contributed by atoms with Gasteiger partial charge in [0.15, 0.2) is 5.82 Å². The fraction of sp³-hybridized carbons (Fsp3) is 0.0526. The summed E-state index contributed by atoms with van der Waals surface area (Å²) in [5.41, 5.74) is 2.79. The van der Waals surface area contributed by atoms with E-state index in [1.807, 2.05) is 47.0 Å².